The first-order valence-electron chi connectivity index (χ1n) is 6.79. The number of aryl methyl sites for hydroxylation is 2. The number of nitrogen functional groups attached to an aromatic ring is 1. The standard InChI is InChI=1S/C14H19N5OS/c1-3-4-11-5-10(6-12(18-11)19-15)14(20)16-7-13-17-9(2)8-21-13/h5-6,8H,3-4,7,15H2,1-2H3,(H,16,20)(H,18,19). The number of hydrogen-bond acceptors (Lipinski definition) is 6. The third-order valence-corrected chi connectivity index (χ3v) is 3.83. The molecule has 0 radical (unpaired) electrons. The number of carbonyl (C=O) groups excluding carboxylic acids is 1. The lowest BCUT2D eigenvalue weighted by molar-refractivity contribution is 0.0950. The molecule has 0 unspecified atom stereocenters. The van der Waals surface area contributed by atoms with Gasteiger partial charge in [0.05, 0.1) is 6.54 Å². The molecule has 0 aliphatic heterocycles. The summed E-state index contributed by atoms with van der Waals surface area (Å²) in [5.74, 6) is 5.74. The van der Waals surface area contributed by atoms with Crippen molar-refractivity contribution >= 4 is 23.1 Å². The molecule has 0 aromatic carbocycles. The lowest BCUT2D eigenvalue weighted by Gasteiger charge is -2.08. The van der Waals surface area contributed by atoms with Gasteiger partial charge in [0, 0.05) is 22.3 Å². The van der Waals surface area contributed by atoms with Crippen LogP contribution in [0.2, 0.25) is 0 Å². The van der Waals surface area contributed by atoms with Crippen LogP contribution in [-0.4, -0.2) is 15.9 Å². The van der Waals surface area contributed by atoms with E-state index in [1.54, 1.807) is 12.1 Å². The van der Waals surface area contributed by atoms with Crippen molar-refractivity contribution in [3.63, 3.8) is 0 Å². The highest BCUT2D eigenvalue weighted by molar-refractivity contribution is 7.09. The Kier molecular flexibility index (Phi) is 5.24. The lowest BCUT2D eigenvalue weighted by Crippen LogP contribution is -2.23. The molecule has 2 heterocycles. The molecule has 0 spiro atoms. The molecule has 7 heteroatoms. The Balaban J connectivity index is 2.08. The molecular weight excluding hydrogens is 286 g/mol. The molecule has 0 saturated heterocycles. The predicted molar refractivity (Wildman–Crippen MR) is 84.1 cm³/mol. The number of hydrazine groups is 1. The highest BCUT2D eigenvalue weighted by Gasteiger charge is 2.10. The van der Waals surface area contributed by atoms with Gasteiger partial charge in [-0.1, -0.05) is 13.3 Å². The Morgan fingerprint density at radius 3 is 2.81 bits per heavy atom. The van der Waals surface area contributed by atoms with E-state index in [2.05, 4.69) is 27.6 Å². The second kappa shape index (κ2) is 7.14. The molecule has 0 atom stereocenters. The Morgan fingerprint density at radius 2 is 2.19 bits per heavy atom. The zero-order valence-corrected chi connectivity index (χ0v) is 13.0. The van der Waals surface area contributed by atoms with E-state index in [1.165, 1.54) is 11.3 Å². The van der Waals surface area contributed by atoms with E-state index in [0.717, 1.165) is 29.2 Å². The Bertz CT molecular complexity index is 626. The van der Waals surface area contributed by atoms with E-state index in [-0.39, 0.29) is 5.91 Å². The maximum Gasteiger partial charge on any atom is 0.251 e. The summed E-state index contributed by atoms with van der Waals surface area (Å²) in [5.41, 5.74) is 4.86. The average molecular weight is 305 g/mol. The second-order valence-corrected chi connectivity index (χ2v) is 5.63. The molecule has 0 aliphatic rings. The second-order valence-electron chi connectivity index (χ2n) is 4.69. The van der Waals surface area contributed by atoms with Crippen LogP contribution in [0.4, 0.5) is 5.82 Å². The fourth-order valence-electron chi connectivity index (χ4n) is 1.92. The molecule has 2 aromatic rings. The van der Waals surface area contributed by atoms with Crippen LogP contribution in [-0.2, 0) is 13.0 Å². The number of nitrogens with one attached hydrogen (secondary N) is 2. The smallest absolute Gasteiger partial charge is 0.251 e. The molecule has 21 heavy (non-hydrogen) atoms. The summed E-state index contributed by atoms with van der Waals surface area (Å²) < 4.78 is 0. The highest BCUT2D eigenvalue weighted by atomic mass is 32.1. The van der Waals surface area contributed by atoms with Crippen LogP contribution >= 0.6 is 11.3 Å². The van der Waals surface area contributed by atoms with Crippen molar-refractivity contribution in [2.45, 2.75) is 33.2 Å². The van der Waals surface area contributed by atoms with Gasteiger partial charge in [0.1, 0.15) is 10.8 Å². The van der Waals surface area contributed by atoms with Crippen LogP contribution in [0.5, 0.6) is 0 Å². The van der Waals surface area contributed by atoms with Gasteiger partial charge in [-0.25, -0.2) is 15.8 Å². The van der Waals surface area contributed by atoms with E-state index in [0.29, 0.717) is 17.9 Å². The summed E-state index contributed by atoms with van der Waals surface area (Å²) in [6.45, 7) is 4.42. The van der Waals surface area contributed by atoms with Crippen LogP contribution in [0.3, 0.4) is 0 Å². The fourth-order valence-corrected chi connectivity index (χ4v) is 2.63. The van der Waals surface area contributed by atoms with E-state index < -0.39 is 0 Å². The van der Waals surface area contributed by atoms with Crippen molar-refractivity contribution in [1.82, 2.24) is 15.3 Å². The first kappa shape index (κ1) is 15.4. The van der Waals surface area contributed by atoms with E-state index >= 15 is 0 Å². The number of anilines is 1. The summed E-state index contributed by atoms with van der Waals surface area (Å²) in [6, 6.07) is 3.44. The van der Waals surface area contributed by atoms with Gasteiger partial charge >= 0.3 is 0 Å². The molecule has 0 saturated carbocycles. The highest BCUT2D eigenvalue weighted by Crippen LogP contribution is 2.12. The van der Waals surface area contributed by atoms with Crippen molar-refractivity contribution in [2.24, 2.45) is 5.84 Å². The van der Waals surface area contributed by atoms with Gasteiger partial charge in [-0.3, -0.25) is 4.79 Å². The van der Waals surface area contributed by atoms with Crippen molar-refractivity contribution in [3.05, 3.63) is 39.5 Å². The van der Waals surface area contributed by atoms with E-state index in [4.69, 9.17) is 5.84 Å². The van der Waals surface area contributed by atoms with Gasteiger partial charge in [-0.15, -0.1) is 11.3 Å². The van der Waals surface area contributed by atoms with Crippen LogP contribution in [0.1, 0.15) is 40.1 Å². The molecule has 1 amide bonds. The largest absolute Gasteiger partial charge is 0.346 e. The lowest BCUT2D eigenvalue weighted by atomic mass is 10.1. The van der Waals surface area contributed by atoms with Gasteiger partial charge in [0.15, 0.2) is 0 Å². The summed E-state index contributed by atoms with van der Waals surface area (Å²) in [6.07, 6.45) is 1.77. The number of thiazole rings is 1. The number of amides is 1. The van der Waals surface area contributed by atoms with Crippen molar-refractivity contribution in [1.29, 1.82) is 0 Å². The van der Waals surface area contributed by atoms with Gasteiger partial charge in [-0.2, -0.15) is 0 Å². The van der Waals surface area contributed by atoms with Crippen LogP contribution in [0.15, 0.2) is 17.5 Å². The molecular formula is C14H19N5OS. The molecule has 0 aliphatic carbocycles. The van der Waals surface area contributed by atoms with E-state index in [9.17, 15) is 4.79 Å². The minimum atomic E-state index is -0.154. The number of carbonyl (C=O) groups is 1. The maximum atomic E-state index is 12.2. The van der Waals surface area contributed by atoms with E-state index in [1.807, 2.05) is 12.3 Å². The number of aromatic nitrogens is 2. The van der Waals surface area contributed by atoms with Gasteiger partial charge in [0.25, 0.3) is 5.91 Å². The zero-order chi connectivity index (χ0) is 15.2. The minimum absolute atomic E-state index is 0.154. The zero-order valence-electron chi connectivity index (χ0n) is 12.1. The maximum absolute atomic E-state index is 12.2. The van der Waals surface area contributed by atoms with Crippen LogP contribution in [0.25, 0.3) is 0 Å². The summed E-state index contributed by atoms with van der Waals surface area (Å²) in [5, 5.41) is 5.71. The van der Waals surface area contributed by atoms with Crippen molar-refractivity contribution < 1.29 is 4.79 Å². The van der Waals surface area contributed by atoms with Crippen LogP contribution < -0.4 is 16.6 Å². The minimum Gasteiger partial charge on any atom is -0.346 e. The summed E-state index contributed by atoms with van der Waals surface area (Å²) in [7, 11) is 0. The predicted octanol–water partition coefficient (Wildman–Crippen LogP) is 2.01. The number of hydrogen-bond donors (Lipinski definition) is 3. The average Bonchev–Trinajstić information content (AvgIpc) is 2.90. The Labute approximate surface area is 127 Å². The monoisotopic (exact) mass is 305 g/mol. The van der Waals surface area contributed by atoms with Crippen molar-refractivity contribution in [2.75, 3.05) is 5.43 Å². The number of nitrogens with zero attached hydrogens (tertiary/aromatic N) is 2. The molecule has 112 valence electrons. The molecule has 6 nitrogen and oxygen atoms in total. The third kappa shape index (κ3) is 4.24. The topological polar surface area (TPSA) is 92.9 Å². The number of pyridine rings is 1. The molecule has 0 bridgehead atoms. The summed E-state index contributed by atoms with van der Waals surface area (Å²) in [4.78, 5) is 20.9. The Hall–Kier alpha value is -1.99. The normalized spacial score (nSPS) is 10.4. The van der Waals surface area contributed by atoms with Gasteiger partial charge < -0.3 is 10.7 Å². The molecule has 4 N–H and O–H groups in total. The van der Waals surface area contributed by atoms with Crippen LogP contribution in [0, 0.1) is 6.92 Å². The summed E-state index contributed by atoms with van der Waals surface area (Å²) >= 11 is 1.54. The quantitative estimate of drug-likeness (QED) is 0.561. The molecule has 2 aromatic heterocycles. The number of rotatable bonds is 6. The molecule has 0 fully saturated rings. The first-order valence-corrected chi connectivity index (χ1v) is 7.67. The fraction of sp³-hybridized carbons (Fsp3) is 0.357. The number of nitrogens with two attached hydrogens (primary N) is 1. The third-order valence-electron chi connectivity index (χ3n) is 2.86. The first-order chi connectivity index (χ1) is 10.1. The van der Waals surface area contributed by atoms with Gasteiger partial charge in [-0.05, 0) is 25.5 Å². The SMILES string of the molecule is CCCc1cc(C(=O)NCc2nc(C)cs2)cc(NN)n1. The molecule has 2 rings (SSSR count). The van der Waals surface area contributed by atoms with Gasteiger partial charge in [0.2, 0.25) is 0 Å². The van der Waals surface area contributed by atoms with Crippen molar-refractivity contribution in [3.8, 4) is 0 Å². The Morgan fingerprint density at radius 1 is 1.38 bits per heavy atom.